The van der Waals surface area contributed by atoms with E-state index in [1.807, 2.05) is 32.0 Å². The van der Waals surface area contributed by atoms with Gasteiger partial charge in [0.2, 0.25) is 5.82 Å². The lowest BCUT2D eigenvalue weighted by Crippen LogP contribution is -2.34. The second-order valence-electron chi connectivity index (χ2n) is 5.07. The third-order valence-electron chi connectivity index (χ3n) is 3.46. The largest absolute Gasteiger partial charge is 0.395 e. The van der Waals surface area contributed by atoms with E-state index in [0.717, 1.165) is 6.42 Å². The number of benzene rings is 1. The van der Waals surface area contributed by atoms with Crippen LogP contribution in [0.15, 0.2) is 24.3 Å². The zero-order valence-corrected chi connectivity index (χ0v) is 14.1. The molecule has 7 heteroatoms. The first-order valence-electron chi connectivity index (χ1n) is 7.73. The van der Waals surface area contributed by atoms with Crippen molar-refractivity contribution >= 4 is 17.5 Å². The maximum absolute atomic E-state index is 12.5. The summed E-state index contributed by atoms with van der Waals surface area (Å²) >= 11 is 6.24. The molecule has 1 N–H and O–H groups in total. The Bertz CT molecular complexity index is 672. The summed E-state index contributed by atoms with van der Waals surface area (Å²) in [5, 5.41) is 14.0. The number of hydrogen-bond acceptors (Lipinski definition) is 4. The number of likely N-dealkylation sites (N-methyl/N-ethyl adjacent to an activating group) is 1. The van der Waals surface area contributed by atoms with Gasteiger partial charge in [-0.05, 0) is 25.5 Å². The van der Waals surface area contributed by atoms with E-state index in [9.17, 15) is 4.79 Å². The van der Waals surface area contributed by atoms with Crippen molar-refractivity contribution in [3.05, 3.63) is 40.9 Å². The summed E-state index contributed by atoms with van der Waals surface area (Å²) in [5.41, 5.74) is 0.703. The lowest BCUT2D eigenvalue weighted by Gasteiger charge is -2.17. The average molecular weight is 337 g/mol. The van der Waals surface area contributed by atoms with Crippen LogP contribution in [-0.2, 0) is 6.42 Å². The van der Waals surface area contributed by atoms with E-state index in [4.69, 9.17) is 16.7 Å². The van der Waals surface area contributed by atoms with Crippen LogP contribution in [0.2, 0.25) is 5.02 Å². The maximum atomic E-state index is 12.5. The Labute approximate surface area is 140 Å². The minimum Gasteiger partial charge on any atom is -0.395 e. The molecule has 0 saturated heterocycles. The Morgan fingerprint density at radius 3 is 2.70 bits per heavy atom. The molecular formula is C16H21ClN4O2. The molecule has 6 nitrogen and oxygen atoms in total. The van der Waals surface area contributed by atoms with Crippen molar-refractivity contribution in [3.8, 4) is 5.69 Å². The number of halogens is 1. The summed E-state index contributed by atoms with van der Waals surface area (Å²) in [6, 6.07) is 7.33. The number of carbonyl (C=O) groups is 1. The van der Waals surface area contributed by atoms with Gasteiger partial charge >= 0.3 is 0 Å². The van der Waals surface area contributed by atoms with Gasteiger partial charge in [-0.3, -0.25) is 4.79 Å². The molecule has 0 radical (unpaired) electrons. The van der Waals surface area contributed by atoms with Gasteiger partial charge in [0, 0.05) is 19.5 Å². The van der Waals surface area contributed by atoms with E-state index < -0.39 is 0 Å². The van der Waals surface area contributed by atoms with E-state index in [-0.39, 0.29) is 24.9 Å². The third kappa shape index (κ3) is 3.89. The molecule has 1 heterocycles. The molecule has 2 rings (SSSR count). The van der Waals surface area contributed by atoms with E-state index >= 15 is 0 Å². The molecule has 0 saturated carbocycles. The van der Waals surface area contributed by atoms with Crippen molar-refractivity contribution in [1.29, 1.82) is 0 Å². The van der Waals surface area contributed by atoms with Crippen LogP contribution in [0.4, 0.5) is 0 Å². The fourth-order valence-corrected chi connectivity index (χ4v) is 2.52. The second kappa shape index (κ2) is 8.08. The molecule has 0 bridgehead atoms. The Morgan fingerprint density at radius 2 is 2.09 bits per heavy atom. The van der Waals surface area contributed by atoms with Crippen LogP contribution in [0.5, 0.6) is 0 Å². The zero-order valence-electron chi connectivity index (χ0n) is 13.4. The number of rotatable bonds is 7. The van der Waals surface area contributed by atoms with Crippen molar-refractivity contribution in [2.45, 2.75) is 26.7 Å². The molecule has 0 atom stereocenters. The fraction of sp³-hybridized carbons (Fsp3) is 0.438. The molecule has 0 unspecified atom stereocenters. The highest BCUT2D eigenvalue weighted by molar-refractivity contribution is 6.32. The van der Waals surface area contributed by atoms with E-state index in [2.05, 4.69) is 10.1 Å². The first-order valence-corrected chi connectivity index (χ1v) is 8.11. The molecule has 1 aromatic heterocycles. The van der Waals surface area contributed by atoms with Crippen LogP contribution in [0.3, 0.4) is 0 Å². The Balaban J connectivity index is 2.43. The van der Waals surface area contributed by atoms with Gasteiger partial charge in [-0.25, -0.2) is 9.67 Å². The number of nitrogens with zero attached hydrogens (tertiary/aromatic N) is 4. The van der Waals surface area contributed by atoms with Crippen molar-refractivity contribution in [1.82, 2.24) is 19.7 Å². The van der Waals surface area contributed by atoms with Gasteiger partial charge in [-0.1, -0.05) is 30.7 Å². The number of aliphatic hydroxyl groups is 1. The van der Waals surface area contributed by atoms with Crippen LogP contribution in [-0.4, -0.2) is 50.4 Å². The first-order chi connectivity index (χ1) is 11.1. The number of hydrogen-bond donors (Lipinski definition) is 1. The molecule has 2 aromatic rings. The highest BCUT2D eigenvalue weighted by Crippen LogP contribution is 2.21. The Hall–Kier alpha value is -1.92. The highest BCUT2D eigenvalue weighted by atomic mass is 35.5. The fourth-order valence-electron chi connectivity index (χ4n) is 2.30. The first kappa shape index (κ1) is 17.4. The summed E-state index contributed by atoms with van der Waals surface area (Å²) in [4.78, 5) is 18.4. The van der Waals surface area contributed by atoms with Crippen LogP contribution in [0.25, 0.3) is 5.69 Å². The summed E-state index contributed by atoms with van der Waals surface area (Å²) in [6.45, 7) is 4.55. The van der Waals surface area contributed by atoms with Crippen LogP contribution in [0, 0.1) is 0 Å². The van der Waals surface area contributed by atoms with Gasteiger partial charge in [-0.15, -0.1) is 5.10 Å². The molecule has 124 valence electrons. The van der Waals surface area contributed by atoms with Crippen molar-refractivity contribution in [2.24, 2.45) is 0 Å². The van der Waals surface area contributed by atoms with Crippen molar-refractivity contribution in [2.75, 3.05) is 19.7 Å². The summed E-state index contributed by atoms with van der Waals surface area (Å²) in [6.07, 6.45) is 1.57. The van der Waals surface area contributed by atoms with Crippen LogP contribution in [0.1, 0.15) is 36.7 Å². The van der Waals surface area contributed by atoms with Gasteiger partial charge in [0.15, 0.2) is 0 Å². The third-order valence-corrected chi connectivity index (χ3v) is 3.78. The van der Waals surface area contributed by atoms with Gasteiger partial charge in [-0.2, -0.15) is 0 Å². The lowest BCUT2D eigenvalue weighted by atomic mass is 10.3. The van der Waals surface area contributed by atoms with E-state index in [1.54, 1.807) is 10.7 Å². The molecule has 0 fully saturated rings. The quantitative estimate of drug-likeness (QED) is 0.842. The number of para-hydroxylation sites is 1. The molecule has 0 aliphatic heterocycles. The second-order valence-corrected chi connectivity index (χ2v) is 5.48. The SMILES string of the molecule is CCCc1nc(C(=O)N(CC)CCO)nn1-c1ccccc1Cl. The Kier molecular flexibility index (Phi) is 6.12. The number of amides is 1. The summed E-state index contributed by atoms with van der Waals surface area (Å²) < 4.78 is 1.63. The molecule has 1 aromatic carbocycles. The standard InChI is InChI=1S/C16H21ClN4O2/c1-3-7-14-18-15(16(23)20(4-2)10-11-22)19-21(14)13-9-6-5-8-12(13)17/h5-6,8-9,22H,3-4,7,10-11H2,1-2H3. The minimum absolute atomic E-state index is 0.0907. The molecule has 23 heavy (non-hydrogen) atoms. The maximum Gasteiger partial charge on any atom is 0.293 e. The minimum atomic E-state index is -0.287. The molecule has 0 aliphatic carbocycles. The number of aryl methyl sites for hydroxylation is 1. The lowest BCUT2D eigenvalue weighted by molar-refractivity contribution is 0.0720. The molecule has 1 amide bonds. The average Bonchev–Trinajstić information content (AvgIpc) is 2.96. The number of carbonyl (C=O) groups excluding carboxylic acids is 1. The zero-order chi connectivity index (χ0) is 16.8. The summed E-state index contributed by atoms with van der Waals surface area (Å²) in [5.74, 6) is 0.539. The van der Waals surface area contributed by atoms with Gasteiger partial charge < -0.3 is 10.0 Å². The van der Waals surface area contributed by atoms with Crippen molar-refractivity contribution in [3.63, 3.8) is 0 Å². The van der Waals surface area contributed by atoms with E-state index in [0.29, 0.717) is 29.5 Å². The van der Waals surface area contributed by atoms with Gasteiger partial charge in [0.25, 0.3) is 5.91 Å². The smallest absolute Gasteiger partial charge is 0.293 e. The van der Waals surface area contributed by atoms with Crippen molar-refractivity contribution < 1.29 is 9.90 Å². The monoisotopic (exact) mass is 336 g/mol. The highest BCUT2D eigenvalue weighted by Gasteiger charge is 2.22. The summed E-state index contributed by atoms with van der Waals surface area (Å²) in [7, 11) is 0. The molecular weight excluding hydrogens is 316 g/mol. The number of aliphatic hydroxyl groups excluding tert-OH is 1. The predicted octanol–water partition coefficient (Wildman–Crippen LogP) is 2.33. The topological polar surface area (TPSA) is 71.2 Å². The molecule has 0 aliphatic rings. The van der Waals surface area contributed by atoms with Crippen LogP contribution >= 0.6 is 11.6 Å². The molecule has 0 spiro atoms. The predicted molar refractivity (Wildman–Crippen MR) is 89.0 cm³/mol. The Morgan fingerprint density at radius 1 is 1.35 bits per heavy atom. The van der Waals surface area contributed by atoms with Crippen LogP contribution < -0.4 is 0 Å². The normalized spacial score (nSPS) is 10.8. The van der Waals surface area contributed by atoms with E-state index in [1.165, 1.54) is 4.90 Å². The number of aromatic nitrogens is 3. The van der Waals surface area contributed by atoms with Gasteiger partial charge in [0.1, 0.15) is 5.82 Å². The van der Waals surface area contributed by atoms with Gasteiger partial charge in [0.05, 0.1) is 17.3 Å².